The van der Waals surface area contributed by atoms with E-state index in [1.807, 2.05) is 19.1 Å². The lowest BCUT2D eigenvalue weighted by atomic mass is 10.1. The van der Waals surface area contributed by atoms with Crippen molar-refractivity contribution in [2.45, 2.75) is 6.92 Å². The van der Waals surface area contributed by atoms with Crippen LogP contribution in [0.5, 0.6) is 0 Å². The van der Waals surface area contributed by atoms with Gasteiger partial charge in [0.05, 0.1) is 10.6 Å². The van der Waals surface area contributed by atoms with Gasteiger partial charge in [-0.25, -0.2) is 0 Å². The number of nitrogens with one attached hydrogen (secondary N) is 2. The quantitative estimate of drug-likeness (QED) is 0.798. The van der Waals surface area contributed by atoms with E-state index in [0.717, 1.165) is 10.0 Å². The number of hydrazine groups is 1. The van der Waals surface area contributed by atoms with Gasteiger partial charge in [0.2, 0.25) is 0 Å². The van der Waals surface area contributed by atoms with Gasteiger partial charge >= 0.3 is 0 Å². The maximum absolute atomic E-state index is 12.0. The number of hydrogen-bond donors (Lipinski definition) is 2. The van der Waals surface area contributed by atoms with E-state index in [9.17, 15) is 9.59 Å². The summed E-state index contributed by atoms with van der Waals surface area (Å²) in [6, 6.07) is 12.0. The molecule has 0 heterocycles. The molecule has 2 amide bonds. The molecule has 4 nitrogen and oxygen atoms in total. The van der Waals surface area contributed by atoms with Gasteiger partial charge in [0.1, 0.15) is 0 Å². The number of halogens is 2. The van der Waals surface area contributed by atoms with Crippen LogP contribution in [-0.2, 0) is 0 Å². The summed E-state index contributed by atoms with van der Waals surface area (Å²) in [6.45, 7) is 1.82. The topological polar surface area (TPSA) is 58.2 Å². The van der Waals surface area contributed by atoms with Crippen LogP contribution in [0.4, 0.5) is 0 Å². The van der Waals surface area contributed by atoms with Crippen molar-refractivity contribution in [3.63, 3.8) is 0 Å². The van der Waals surface area contributed by atoms with Crippen LogP contribution in [0.25, 0.3) is 0 Å². The van der Waals surface area contributed by atoms with Crippen LogP contribution in [0.15, 0.2) is 46.9 Å². The average Bonchev–Trinajstić information content (AvgIpc) is 2.47. The Labute approximate surface area is 135 Å². The Morgan fingerprint density at radius 1 is 1.00 bits per heavy atom. The standard InChI is InChI=1S/C15H12BrClN2O2/c1-9-4-2-3-5-11(9)14(20)18-19-15(21)12-8-10(16)6-7-13(12)17/h2-8H,1H3,(H,18,20)(H,19,21). The highest BCUT2D eigenvalue weighted by atomic mass is 79.9. The van der Waals surface area contributed by atoms with Gasteiger partial charge in [0.15, 0.2) is 0 Å². The lowest BCUT2D eigenvalue weighted by Crippen LogP contribution is -2.42. The van der Waals surface area contributed by atoms with E-state index >= 15 is 0 Å². The lowest BCUT2D eigenvalue weighted by molar-refractivity contribution is 0.0846. The van der Waals surface area contributed by atoms with Crippen molar-refractivity contribution < 1.29 is 9.59 Å². The summed E-state index contributed by atoms with van der Waals surface area (Å²) in [5.41, 5.74) is 6.32. The Kier molecular flexibility index (Phi) is 4.98. The molecular weight excluding hydrogens is 356 g/mol. The van der Waals surface area contributed by atoms with Crippen molar-refractivity contribution in [2.24, 2.45) is 0 Å². The van der Waals surface area contributed by atoms with Crippen LogP contribution < -0.4 is 10.9 Å². The van der Waals surface area contributed by atoms with Gasteiger partial charge in [-0.1, -0.05) is 45.7 Å². The van der Waals surface area contributed by atoms with Gasteiger partial charge in [-0.15, -0.1) is 0 Å². The number of hydrogen-bond acceptors (Lipinski definition) is 2. The fourth-order valence-electron chi connectivity index (χ4n) is 1.75. The zero-order valence-corrected chi connectivity index (χ0v) is 13.5. The van der Waals surface area contributed by atoms with Crippen molar-refractivity contribution >= 4 is 39.3 Å². The normalized spacial score (nSPS) is 10.0. The zero-order chi connectivity index (χ0) is 15.4. The number of carbonyl (C=O) groups excluding carboxylic acids is 2. The molecule has 2 aromatic carbocycles. The van der Waals surface area contributed by atoms with Gasteiger partial charge in [-0.3, -0.25) is 20.4 Å². The Balaban J connectivity index is 2.06. The fraction of sp³-hybridized carbons (Fsp3) is 0.0667. The zero-order valence-electron chi connectivity index (χ0n) is 11.1. The Bertz CT molecular complexity index is 704. The van der Waals surface area contributed by atoms with Gasteiger partial charge in [0.25, 0.3) is 11.8 Å². The van der Waals surface area contributed by atoms with Crippen LogP contribution in [0.2, 0.25) is 5.02 Å². The molecule has 21 heavy (non-hydrogen) atoms. The van der Waals surface area contributed by atoms with Crippen molar-refractivity contribution in [1.82, 2.24) is 10.9 Å². The summed E-state index contributed by atoms with van der Waals surface area (Å²) < 4.78 is 0.724. The molecule has 6 heteroatoms. The van der Waals surface area contributed by atoms with E-state index in [4.69, 9.17) is 11.6 Å². The van der Waals surface area contributed by atoms with Gasteiger partial charge in [-0.05, 0) is 36.8 Å². The minimum atomic E-state index is -0.483. The predicted molar refractivity (Wildman–Crippen MR) is 85.3 cm³/mol. The van der Waals surface area contributed by atoms with E-state index in [2.05, 4.69) is 26.8 Å². The molecule has 0 saturated heterocycles. The molecule has 0 radical (unpaired) electrons. The van der Waals surface area contributed by atoms with Crippen molar-refractivity contribution in [1.29, 1.82) is 0 Å². The summed E-state index contributed by atoms with van der Waals surface area (Å²) in [7, 11) is 0. The Hall–Kier alpha value is -1.85. The van der Waals surface area contributed by atoms with Crippen molar-refractivity contribution in [2.75, 3.05) is 0 Å². The third kappa shape index (κ3) is 3.83. The van der Waals surface area contributed by atoms with E-state index in [0.29, 0.717) is 10.6 Å². The summed E-state index contributed by atoms with van der Waals surface area (Å²) in [5.74, 6) is -0.865. The average molecular weight is 368 g/mol. The van der Waals surface area contributed by atoms with E-state index in [1.54, 1.807) is 30.3 Å². The molecule has 0 spiro atoms. The summed E-state index contributed by atoms with van der Waals surface area (Å²) in [6.07, 6.45) is 0. The lowest BCUT2D eigenvalue weighted by Gasteiger charge is -2.10. The second-order valence-corrected chi connectivity index (χ2v) is 5.67. The first-order valence-electron chi connectivity index (χ1n) is 6.10. The summed E-state index contributed by atoms with van der Waals surface area (Å²) >= 11 is 9.22. The van der Waals surface area contributed by atoms with Crippen LogP contribution in [0.1, 0.15) is 26.3 Å². The Morgan fingerprint density at radius 2 is 1.62 bits per heavy atom. The van der Waals surface area contributed by atoms with Gasteiger partial charge < -0.3 is 0 Å². The van der Waals surface area contributed by atoms with Crippen LogP contribution in [-0.4, -0.2) is 11.8 Å². The molecule has 0 bridgehead atoms. The van der Waals surface area contributed by atoms with Gasteiger partial charge in [-0.2, -0.15) is 0 Å². The first-order chi connectivity index (χ1) is 9.99. The van der Waals surface area contributed by atoms with Crippen molar-refractivity contribution in [3.8, 4) is 0 Å². The molecule has 2 N–H and O–H groups in total. The molecule has 2 rings (SSSR count). The number of benzene rings is 2. The molecular formula is C15H12BrClN2O2. The Morgan fingerprint density at radius 3 is 2.29 bits per heavy atom. The van der Waals surface area contributed by atoms with E-state index < -0.39 is 5.91 Å². The molecule has 0 atom stereocenters. The highest BCUT2D eigenvalue weighted by Gasteiger charge is 2.13. The van der Waals surface area contributed by atoms with Crippen molar-refractivity contribution in [3.05, 3.63) is 68.7 Å². The van der Waals surface area contributed by atoms with Crippen LogP contribution in [0, 0.1) is 6.92 Å². The molecule has 0 aliphatic carbocycles. The number of amides is 2. The molecule has 0 unspecified atom stereocenters. The molecule has 0 aliphatic rings. The molecule has 0 aliphatic heterocycles. The molecule has 108 valence electrons. The number of rotatable bonds is 2. The number of aryl methyl sites for hydroxylation is 1. The minimum absolute atomic E-state index is 0.274. The smallest absolute Gasteiger partial charge is 0.267 e. The highest BCUT2D eigenvalue weighted by molar-refractivity contribution is 9.10. The fourth-order valence-corrected chi connectivity index (χ4v) is 2.31. The van der Waals surface area contributed by atoms with Crippen LogP contribution >= 0.6 is 27.5 Å². The SMILES string of the molecule is Cc1ccccc1C(=O)NNC(=O)c1cc(Br)ccc1Cl. The third-order valence-electron chi connectivity index (χ3n) is 2.85. The number of carbonyl (C=O) groups is 2. The monoisotopic (exact) mass is 366 g/mol. The maximum Gasteiger partial charge on any atom is 0.271 e. The minimum Gasteiger partial charge on any atom is -0.267 e. The molecule has 2 aromatic rings. The summed E-state index contributed by atoms with van der Waals surface area (Å²) in [4.78, 5) is 24.0. The molecule has 0 aromatic heterocycles. The van der Waals surface area contributed by atoms with E-state index in [-0.39, 0.29) is 11.5 Å². The highest BCUT2D eigenvalue weighted by Crippen LogP contribution is 2.20. The predicted octanol–water partition coefficient (Wildman–Crippen LogP) is 3.49. The second-order valence-electron chi connectivity index (χ2n) is 4.35. The molecule has 0 saturated carbocycles. The van der Waals surface area contributed by atoms with E-state index in [1.165, 1.54) is 0 Å². The maximum atomic E-state index is 12.0. The molecule has 0 fully saturated rings. The summed E-state index contributed by atoms with van der Waals surface area (Å²) in [5, 5.41) is 0.306. The third-order valence-corrected chi connectivity index (χ3v) is 3.68. The van der Waals surface area contributed by atoms with Crippen LogP contribution in [0.3, 0.4) is 0 Å². The first kappa shape index (κ1) is 15.5. The second kappa shape index (κ2) is 6.74. The largest absolute Gasteiger partial charge is 0.271 e. The first-order valence-corrected chi connectivity index (χ1v) is 7.27. The van der Waals surface area contributed by atoms with Gasteiger partial charge in [0, 0.05) is 10.0 Å².